The first-order valence-electron chi connectivity index (χ1n) is 6.90. The maximum Gasteiger partial charge on any atom is 0.189 e. The summed E-state index contributed by atoms with van der Waals surface area (Å²) in [5.41, 5.74) is 7.10. The van der Waals surface area contributed by atoms with Gasteiger partial charge >= 0.3 is 0 Å². The van der Waals surface area contributed by atoms with Crippen molar-refractivity contribution in [3.63, 3.8) is 0 Å². The summed E-state index contributed by atoms with van der Waals surface area (Å²) in [5.74, 6) is 0.497. The van der Waals surface area contributed by atoms with Crippen LogP contribution in [0.1, 0.15) is 40.2 Å². The Kier molecular flexibility index (Phi) is 5.46. The van der Waals surface area contributed by atoms with Crippen molar-refractivity contribution in [2.24, 2.45) is 16.1 Å². The molecule has 0 aliphatic rings. The molecule has 0 amide bonds. The third kappa shape index (κ3) is 6.80. The van der Waals surface area contributed by atoms with Crippen LogP contribution in [0.2, 0.25) is 5.02 Å². The minimum atomic E-state index is -0.0648. The van der Waals surface area contributed by atoms with Crippen molar-refractivity contribution < 1.29 is 0 Å². The van der Waals surface area contributed by atoms with Gasteiger partial charge in [0.1, 0.15) is 0 Å². The Morgan fingerprint density at radius 2 is 1.90 bits per heavy atom. The predicted octanol–water partition coefficient (Wildman–Crippen LogP) is 3.61. The van der Waals surface area contributed by atoms with E-state index in [1.165, 1.54) is 5.56 Å². The van der Waals surface area contributed by atoms with Crippen molar-refractivity contribution in [1.82, 2.24) is 5.32 Å². The Balaban J connectivity index is 2.63. The summed E-state index contributed by atoms with van der Waals surface area (Å²) in [6.07, 6.45) is 0.917. The van der Waals surface area contributed by atoms with Crippen LogP contribution < -0.4 is 11.1 Å². The van der Waals surface area contributed by atoms with Crippen LogP contribution in [0.25, 0.3) is 0 Å². The molecule has 1 aromatic carbocycles. The van der Waals surface area contributed by atoms with Gasteiger partial charge in [-0.15, -0.1) is 0 Å². The van der Waals surface area contributed by atoms with Gasteiger partial charge < -0.3 is 11.1 Å². The fraction of sp³-hybridized carbons (Fsp3) is 0.562. The molecular formula is C16H26ClN3. The topological polar surface area (TPSA) is 50.4 Å². The number of hydrogen-bond donors (Lipinski definition) is 2. The normalized spacial score (nSPS) is 13.4. The highest BCUT2D eigenvalue weighted by Crippen LogP contribution is 2.23. The molecule has 0 aliphatic heterocycles. The molecule has 0 atom stereocenters. The summed E-state index contributed by atoms with van der Waals surface area (Å²) in [6.45, 7) is 11.2. The molecule has 0 spiro atoms. The maximum absolute atomic E-state index is 6.02. The largest absolute Gasteiger partial charge is 0.370 e. The summed E-state index contributed by atoms with van der Waals surface area (Å²) in [4.78, 5) is 4.45. The summed E-state index contributed by atoms with van der Waals surface area (Å²) >= 11 is 6.02. The second-order valence-electron chi connectivity index (χ2n) is 7.05. The molecule has 0 radical (unpaired) electrons. The third-order valence-corrected chi connectivity index (χ3v) is 2.99. The molecule has 0 unspecified atom stereocenters. The highest BCUT2D eigenvalue weighted by molar-refractivity contribution is 6.30. The molecule has 112 valence electrons. The highest BCUT2D eigenvalue weighted by Gasteiger charge is 2.19. The first-order chi connectivity index (χ1) is 9.07. The Morgan fingerprint density at radius 1 is 1.25 bits per heavy atom. The standard InChI is InChI=1S/C16H26ClN3/c1-15(2,3)20-14(18)19-11-16(4,5)10-12-7-6-8-13(17)9-12/h6-9H,10-11H2,1-5H3,(H3,18,19,20). The van der Waals surface area contributed by atoms with E-state index in [2.05, 4.69) is 51.0 Å². The van der Waals surface area contributed by atoms with Gasteiger partial charge in [-0.3, -0.25) is 4.99 Å². The van der Waals surface area contributed by atoms with Gasteiger partial charge in [-0.2, -0.15) is 0 Å². The highest BCUT2D eigenvalue weighted by atomic mass is 35.5. The summed E-state index contributed by atoms with van der Waals surface area (Å²) in [5, 5.41) is 3.95. The number of nitrogens with zero attached hydrogens (tertiary/aromatic N) is 1. The molecule has 4 heteroatoms. The molecule has 0 aliphatic carbocycles. The average molecular weight is 296 g/mol. The monoisotopic (exact) mass is 295 g/mol. The third-order valence-electron chi connectivity index (χ3n) is 2.75. The van der Waals surface area contributed by atoms with Crippen LogP contribution in [0.5, 0.6) is 0 Å². The molecule has 0 bridgehead atoms. The van der Waals surface area contributed by atoms with Gasteiger partial charge in [0.25, 0.3) is 0 Å². The number of benzene rings is 1. The van der Waals surface area contributed by atoms with E-state index in [9.17, 15) is 0 Å². The van der Waals surface area contributed by atoms with Crippen molar-refractivity contribution in [1.29, 1.82) is 0 Å². The van der Waals surface area contributed by atoms with Crippen LogP contribution in [-0.4, -0.2) is 18.0 Å². The first-order valence-corrected chi connectivity index (χ1v) is 7.28. The van der Waals surface area contributed by atoms with Crippen molar-refractivity contribution in [3.05, 3.63) is 34.9 Å². The van der Waals surface area contributed by atoms with E-state index in [0.29, 0.717) is 12.5 Å². The number of hydrogen-bond acceptors (Lipinski definition) is 1. The predicted molar refractivity (Wildman–Crippen MR) is 88.3 cm³/mol. The van der Waals surface area contributed by atoms with Gasteiger partial charge in [-0.05, 0) is 50.3 Å². The van der Waals surface area contributed by atoms with Crippen molar-refractivity contribution in [2.75, 3.05) is 6.54 Å². The number of halogens is 1. The molecule has 1 aromatic rings. The molecule has 20 heavy (non-hydrogen) atoms. The summed E-state index contributed by atoms with van der Waals surface area (Å²) in [7, 11) is 0. The molecule has 0 aromatic heterocycles. The van der Waals surface area contributed by atoms with Gasteiger partial charge in [0, 0.05) is 17.1 Å². The molecular weight excluding hydrogens is 270 g/mol. The Labute approximate surface area is 127 Å². The van der Waals surface area contributed by atoms with Crippen molar-refractivity contribution >= 4 is 17.6 Å². The number of aliphatic imine (C=N–C) groups is 1. The SMILES string of the molecule is CC(C)(CN=C(N)NC(C)(C)C)Cc1cccc(Cl)c1. The van der Waals surface area contributed by atoms with E-state index in [4.69, 9.17) is 17.3 Å². The van der Waals surface area contributed by atoms with Gasteiger partial charge in [0.2, 0.25) is 0 Å². The van der Waals surface area contributed by atoms with Gasteiger partial charge in [-0.1, -0.05) is 37.6 Å². The van der Waals surface area contributed by atoms with Crippen LogP contribution in [0, 0.1) is 5.41 Å². The van der Waals surface area contributed by atoms with E-state index < -0.39 is 0 Å². The zero-order chi connectivity index (χ0) is 15.4. The van der Waals surface area contributed by atoms with Crippen LogP contribution in [0.3, 0.4) is 0 Å². The minimum Gasteiger partial charge on any atom is -0.370 e. The number of nitrogens with one attached hydrogen (secondary N) is 1. The number of nitrogens with two attached hydrogens (primary N) is 1. The molecule has 0 fully saturated rings. The maximum atomic E-state index is 6.02. The number of guanidine groups is 1. The molecule has 0 heterocycles. The average Bonchev–Trinajstić information content (AvgIpc) is 2.23. The van der Waals surface area contributed by atoms with Gasteiger partial charge in [-0.25, -0.2) is 0 Å². The fourth-order valence-corrected chi connectivity index (χ4v) is 2.19. The van der Waals surface area contributed by atoms with Crippen LogP contribution >= 0.6 is 11.6 Å². The fourth-order valence-electron chi connectivity index (χ4n) is 1.98. The van der Waals surface area contributed by atoms with Gasteiger partial charge in [0.05, 0.1) is 0 Å². The van der Waals surface area contributed by atoms with E-state index in [1.54, 1.807) is 0 Å². The van der Waals surface area contributed by atoms with E-state index in [-0.39, 0.29) is 11.0 Å². The Bertz CT molecular complexity index is 473. The zero-order valence-electron chi connectivity index (χ0n) is 13.1. The van der Waals surface area contributed by atoms with E-state index in [1.807, 2.05) is 18.2 Å². The van der Waals surface area contributed by atoms with Crippen molar-refractivity contribution in [3.8, 4) is 0 Å². The smallest absolute Gasteiger partial charge is 0.189 e. The Morgan fingerprint density at radius 3 is 2.45 bits per heavy atom. The Hall–Kier alpha value is -1.22. The number of rotatable bonds is 4. The van der Waals surface area contributed by atoms with Crippen LogP contribution in [0.15, 0.2) is 29.3 Å². The summed E-state index contributed by atoms with van der Waals surface area (Å²) < 4.78 is 0. The van der Waals surface area contributed by atoms with E-state index in [0.717, 1.165) is 11.4 Å². The molecule has 1 rings (SSSR count). The van der Waals surface area contributed by atoms with Crippen molar-refractivity contribution in [2.45, 2.75) is 46.6 Å². The van der Waals surface area contributed by atoms with E-state index >= 15 is 0 Å². The van der Waals surface area contributed by atoms with Crippen LogP contribution in [0.4, 0.5) is 0 Å². The molecule has 0 saturated heterocycles. The molecule has 0 saturated carbocycles. The molecule has 3 nitrogen and oxygen atoms in total. The summed E-state index contributed by atoms with van der Waals surface area (Å²) in [6, 6.07) is 7.96. The second kappa shape index (κ2) is 6.49. The second-order valence-corrected chi connectivity index (χ2v) is 7.48. The first kappa shape index (κ1) is 16.8. The lowest BCUT2D eigenvalue weighted by atomic mass is 9.86. The molecule has 3 N–H and O–H groups in total. The van der Waals surface area contributed by atoms with Crippen LogP contribution in [-0.2, 0) is 6.42 Å². The lowest BCUT2D eigenvalue weighted by molar-refractivity contribution is 0.376. The van der Waals surface area contributed by atoms with Gasteiger partial charge in [0.15, 0.2) is 5.96 Å². The quantitative estimate of drug-likeness (QED) is 0.658. The lowest BCUT2D eigenvalue weighted by Crippen LogP contribution is -2.45. The minimum absolute atomic E-state index is 0.0366. The zero-order valence-corrected chi connectivity index (χ0v) is 13.9. The lowest BCUT2D eigenvalue weighted by Gasteiger charge is -2.25.